The molecule has 0 aromatic rings. The third-order valence-corrected chi connectivity index (χ3v) is 3.03. The summed E-state index contributed by atoms with van der Waals surface area (Å²) in [5.41, 5.74) is 0. The molecule has 0 radical (unpaired) electrons. The summed E-state index contributed by atoms with van der Waals surface area (Å²) in [5.74, 6) is 0.0446. The van der Waals surface area contributed by atoms with Gasteiger partial charge in [-0.2, -0.15) is 0 Å². The zero-order chi connectivity index (χ0) is 12.3. The fraction of sp³-hybridized carbons (Fsp3) is 0.727. The summed E-state index contributed by atoms with van der Waals surface area (Å²) >= 11 is 0. The van der Waals surface area contributed by atoms with E-state index in [4.69, 9.17) is 9.47 Å². The van der Waals surface area contributed by atoms with Crippen LogP contribution in [0, 0.1) is 0 Å². The van der Waals surface area contributed by atoms with Crippen LogP contribution in [-0.4, -0.2) is 55.9 Å². The number of rotatable bonds is 3. The molecule has 6 heteroatoms. The number of carbonyl (C=O) groups is 1. The molecule has 1 saturated heterocycles. The lowest BCUT2D eigenvalue weighted by Gasteiger charge is -2.31. The Kier molecular flexibility index (Phi) is 3.86. The highest BCUT2D eigenvalue weighted by atomic mass is 16.5. The van der Waals surface area contributed by atoms with Gasteiger partial charge in [0.25, 0.3) is 0 Å². The molecule has 0 saturated carbocycles. The summed E-state index contributed by atoms with van der Waals surface area (Å²) in [6.45, 7) is 3.50. The van der Waals surface area contributed by atoms with Gasteiger partial charge in [0.2, 0.25) is 5.91 Å². The molecule has 2 aliphatic rings. The van der Waals surface area contributed by atoms with Crippen molar-refractivity contribution in [3.63, 3.8) is 0 Å². The van der Waals surface area contributed by atoms with E-state index < -0.39 is 0 Å². The summed E-state index contributed by atoms with van der Waals surface area (Å²) in [6.07, 6.45) is 2.77. The van der Waals surface area contributed by atoms with Gasteiger partial charge in [0.1, 0.15) is 6.04 Å². The van der Waals surface area contributed by atoms with Crippen LogP contribution in [0.25, 0.3) is 5.32 Å². The average molecular weight is 240 g/mol. The molecule has 2 rings (SSSR count). The molecule has 2 aliphatic heterocycles. The van der Waals surface area contributed by atoms with E-state index in [0.29, 0.717) is 19.7 Å². The fourth-order valence-corrected chi connectivity index (χ4v) is 2.06. The average Bonchev–Trinajstić information content (AvgIpc) is 2.76. The summed E-state index contributed by atoms with van der Waals surface area (Å²) in [5, 5.41) is 7.10. The SMILES string of the molecule is CNC1C(=O)N(CC2[N-]C=CO2)CCOC1C. The van der Waals surface area contributed by atoms with Crippen LogP contribution >= 0.6 is 0 Å². The van der Waals surface area contributed by atoms with E-state index in [1.807, 2.05) is 6.92 Å². The molecule has 0 aliphatic carbocycles. The third-order valence-electron chi connectivity index (χ3n) is 3.03. The Labute approximate surface area is 101 Å². The van der Waals surface area contributed by atoms with Crippen LogP contribution in [0.4, 0.5) is 0 Å². The topological polar surface area (TPSA) is 64.9 Å². The highest BCUT2D eigenvalue weighted by Gasteiger charge is 2.31. The highest BCUT2D eigenvalue weighted by Crippen LogP contribution is 2.16. The van der Waals surface area contributed by atoms with Gasteiger partial charge in [-0.3, -0.25) is 4.79 Å². The number of hydrogen-bond donors (Lipinski definition) is 1. The molecule has 0 aromatic carbocycles. The zero-order valence-corrected chi connectivity index (χ0v) is 10.1. The Hall–Kier alpha value is -1.27. The molecule has 6 nitrogen and oxygen atoms in total. The normalized spacial score (nSPS) is 33.2. The van der Waals surface area contributed by atoms with Crippen molar-refractivity contribution in [2.45, 2.75) is 25.3 Å². The first-order valence-corrected chi connectivity index (χ1v) is 5.80. The van der Waals surface area contributed by atoms with Crippen LogP contribution in [-0.2, 0) is 14.3 Å². The molecular weight excluding hydrogens is 222 g/mol. The number of nitrogens with one attached hydrogen (secondary N) is 1. The molecule has 0 aromatic heterocycles. The van der Waals surface area contributed by atoms with Crippen molar-refractivity contribution in [2.24, 2.45) is 0 Å². The van der Waals surface area contributed by atoms with E-state index in [9.17, 15) is 4.79 Å². The molecular formula is C11H18N3O3-. The van der Waals surface area contributed by atoms with Crippen LogP contribution < -0.4 is 5.32 Å². The summed E-state index contributed by atoms with van der Waals surface area (Å²) in [4.78, 5) is 14.0. The molecule has 0 spiro atoms. The van der Waals surface area contributed by atoms with Crippen molar-refractivity contribution < 1.29 is 14.3 Å². The Bertz CT molecular complexity index is 300. The van der Waals surface area contributed by atoms with Crippen molar-refractivity contribution in [3.05, 3.63) is 17.8 Å². The standard InChI is InChI=1S/C11H18N3O3/c1-8-10(12-2)11(15)14(4-6-16-8)7-9-13-3-5-17-9/h3,5,8-10,12H,4,6-7H2,1-2H3/q-1. The molecule has 1 fully saturated rings. The quantitative estimate of drug-likeness (QED) is 0.755. The van der Waals surface area contributed by atoms with Gasteiger partial charge in [-0.1, -0.05) is 0 Å². The molecule has 96 valence electrons. The van der Waals surface area contributed by atoms with Crippen molar-refractivity contribution in [2.75, 3.05) is 26.7 Å². The number of ether oxygens (including phenoxy) is 2. The van der Waals surface area contributed by atoms with Crippen LogP contribution in [0.1, 0.15) is 6.92 Å². The maximum absolute atomic E-state index is 12.2. The van der Waals surface area contributed by atoms with Crippen LogP contribution in [0.15, 0.2) is 12.5 Å². The maximum Gasteiger partial charge on any atom is 0.242 e. The van der Waals surface area contributed by atoms with E-state index in [2.05, 4.69) is 10.6 Å². The number of likely N-dealkylation sites (N-methyl/N-ethyl adjacent to an activating group) is 1. The summed E-state index contributed by atoms with van der Waals surface area (Å²) < 4.78 is 10.8. The van der Waals surface area contributed by atoms with E-state index in [1.54, 1.807) is 24.4 Å². The first kappa shape index (κ1) is 12.2. The number of nitrogens with zero attached hydrogens (tertiary/aromatic N) is 2. The predicted octanol–water partition coefficient (Wildman–Crippen LogP) is 0.0229. The van der Waals surface area contributed by atoms with Crippen molar-refractivity contribution in [3.8, 4) is 0 Å². The van der Waals surface area contributed by atoms with Crippen LogP contribution in [0.5, 0.6) is 0 Å². The third kappa shape index (κ3) is 2.70. The Morgan fingerprint density at radius 1 is 1.65 bits per heavy atom. The lowest BCUT2D eigenvalue weighted by atomic mass is 10.1. The monoisotopic (exact) mass is 240 g/mol. The number of hydrogen-bond acceptors (Lipinski definition) is 4. The minimum atomic E-state index is -0.299. The van der Waals surface area contributed by atoms with Gasteiger partial charge in [0.15, 0.2) is 0 Å². The van der Waals surface area contributed by atoms with E-state index in [0.717, 1.165) is 0 Å². The van der Waals surface area contributed by atoms with Crippen LogP contribution in [0.2, 0.25) is 0 Å². The van der Waals surface area contributed by atoms with Crippen molar-refractivity contribution in [1.29, 1.82) is 0 Å². The van der Waals surface area contributed by atoms with Gasteiger partial charge in [0, 0.05) is 19.3 Å². The Morgan fingerprint density at radius 3 is 3.12 bits per heavy atom. The minimum absolute atomic E-state index is 0.0446. The van der Waals surface area contributed by atoms with E-state index in [1.165, 1.54) is 0 Å². The molecule has 1 amide bonds. The van der Waals surface area contributed by atoms with Gasteiger partial charge in [-0.15, -0.1) is 6.20 Å². The molecule has 3 atom stereocenters. The molecule has 2 heterocycles. The number of carbonyl (C=O) groups excluding carboxylic acids is 1. The lowest BCUT2D eigenvalue weighted by molar-refractivity contribution is -0.134. The predicted molar refractivity (Wildman–Crippen MR) is 62.2 cm³/mol. The highest BCUT2D eigenvalue weighted by molar-refractivity contribution is 5.82. The van der Waals surface area contributed by atoms with Crippen molar-refractivity contribution in [1.82, 2.24) is 10.2 Å². The fourth-order valence-electron chi connectivity index (χ4n) is 2.06. The molecule has 1 N–H and O–H groups in total. The summed E-state index contributed by atoms with van der Waals surface area (Å²) in [6, 6.07) is -0.299. The second kappa shape index (κ2) is 5.37. The second-order valence-electron chi connectivity index (χ2n) is 4.15. The Morgan fingerprint density at radius 2 is 2.47 bits per heavy atom. The molecule has 3 unspecified atom stereocenters. The maximum atomic E-state index is 12.2. The minimum Gasteiger partial charge on any atom is -0.652 e. The van der Waals surface area contributed by atoms with Gasteiger partial charge < -0.3 is 25.0 Å². The second-order valence-corrected chi connectivity index (χ2v) is 4.15. The van der Waals surface area contributed by atoms with Crippen LogP contribution in [0.3, 0.4) is 0 Å². The van der Waals surface area contributed by atoms with Gasteiger partial charge in [0.05, 0.1) is 19.0 Å². The summed E-state index contributed by atoms with van der Waals surface area (Å²) in [7, 11) is 1.77. The van der Waals surface area contributed by atoms with Gasteiger partial charge >= 0.3 is 0 Å². The largest absolute Gasteiger partial charge is 0.652 e. The van der Waals surface area contributed by atoms with Gasteiger partial charge in [-0.25, -0.2) is 0 Å². The molecule has 0 bridgehead atoms. The smallest absolute Gasteiger partial charge is 0.242 e. The Balaban J connectivity index is 1.97. The first-order valence-electron chi connectivity index (χ1n) is 5.80. The van der Waals surface area contributed by atoms with Crippen molar-refractivity contribution >= 4 is 5.91 Å². The zero-order valence-electron chi connectivity index (χ0n) is 10.1. The van der Waals surface area contributed by atoms with Gasteiger partial charge in [-0.05, 0) is 14.0 Å². The van der Waals surface area contributed by atoms with E-state index in [-0.39, 0.29) is 24.3 Å². The van der Waals surface area contributed by atoms with E-state index >= 15 is 0 Å². The lowest BCUT2D eigenvalue weighted by Crippen LogP contribution is -2.50. The first-order chi connectivity index (χ1) is 8.22. The number of amides is 1. The molecule has 17 heavy (non-hydrogen) atoms.